The summed E-state index contributed by atoms with van der Waals surface area (Å²) in [7, 11) is 0. The van der Waals surface area contributed by atoms with Gasteiger partial charge in [0.15, 0.2) is 5.96 Å². The summed E-state index contributed by atoms with van der Waals surface area (Å²) in [5.41, 5.74) is 0.727. The molecular weight excluding hydrogens is 358 g/mol. The van der Waals surface area contributed by atoms with Crippen molar-refractivity contribution in [2.45, 2.75) is 26.8 Å². The molecule has 0 aromatic heterocycles. The molecule has 8 heteroatoms. The maximum absolute atomic E-state index is 11.1. The van der Waals surface area contributed by atoms with Gasteiger partial charge >= 0.3 is 0 Å². The van der Waals surface area contributed by atoms with Crippen molar-refractivity contribution in [1.29, 1.82) is 0 Å². The lowest BCUT2D eigenvalue weighted by Crippen LogP contribution is -2.44. The second kappa shape index (κ2) is 12.2. The molecule has 1 aromatic rings. The molecule has 1 fully saturated rings. The van der Waals surface area contributed by atoms with E-state index >= 15 is 0 Å². The monoisotopic (exact) mass is 391 g/mol. The summed E-state index contributed by atoms with van der Waals surface area (Å²) in [6, 6.07) is 7.75. The second-order valence-electron chi connectivity index (χ2n) is 6.70. The molecule has 0 bridgehead atoms. The van der Waals surface area contributed by atoms with E-state index in [9.17, 15) is 4.79 Å². The van der Waals surface area contributed by atoms with E-state index in [-0.39, 0.29) is 5.91 Å². The van der Waals surface area contributed by atoms with E-state index in [1.807, 2.05) is 31.2 Å². The molecule has 156 valence electrons. The maximum Gasteiger partial charge on any atom is 0.221 e. The van der Waals surface area contributed by atoms with Crippen LogP contribution in [0.25, 0.3) is 0 Å². The molecule has 1 unspecified atom stereocenters. The van der Waals surface area contributed by atoms with Gasteiger partial charge in [0, 0.05) is 44.4 Å². The Kier molecular flexibility index (Phi) is 9.57. The van der Waals surface area contributed by atoms with Crippen LogP contribution < -0.4 is 20.7 Å². The van der Waals surface area contributed by atoms with Crippen LogP contribution in [0.3, 0.4) is 0 Å². The van der Waals surface area contributed by atoms with E-state index in [1.165, 1.54) is 6.92 Å². The average Bonchev–Trinajstić information content (AvgIpc) is 2.69. The number of ether oxygens (including phenoxy) is 2. The molecule has 1 aliphatic heterocycles. The van der Waals surface area contributed by atoms with E-state index in [4.69, 9.17) is 9.47 Å². The Balaban J connectivity index is 1.75. The van der Waals surface area contributed by atoms with Gasteiger partial charge in [0.2, 0.25) is 5.91 Å². The van der Waals surface area contributed by atoms with E-state index in [1.54, 1.807) is 0 Å². The van der Waals surface area contributed by atoms with Crippen LogP contribution in [0.15, 0.2) is 29.3 Å². The first-order valence-electron chi connectivity index (χ1n) is 9.93. The summed E-state index contributed by atoms with van der Waals surface area (Å²) >= 11 is 0. The van der Waals surface area contributed by atoms with Crippen molar-refractivity contribution >= 4 is 17.6 Å². The first kappa shape index (κ1) is 22.0. The molecule has 0 radical (unpaired) electrons. The van der Waals surface area contributed by atoms with Gasteiger partial charge in [-0.2, -0.15) is 0 Å². The number of nitrogens with zero attached hydrogens (tertiary/aromatic N) is 2. The smallest absolute Gasteiger partial charge is 0.221 e. The summed E-state index contributed by atoms with van der Waals surface area (Å²) in [6.45, 7) is 11.9. The van der Waals surface area contributed by atoms with Crippen LogP contribution in [0, 0.1) is 0 Å². The molecule has 0 aliphatic carbocycles. The molecule has 28 heavy (non-hydrogen) atoms. The summed E-state index contributed by atoms with van der Waals surface area (Å²) in [5, 5.41) is 9.31. The van der Waals surface area contributed by atoms with Crippen LogP contribution in [-0.2, 0) is 9.53 Å². The number of amides is 1. The number of aliphatic imine (C=N–C) groups is 1. The third-order valence-electron chi connectivity index (χ3n) is 4.34. The highest BCUT2D eigenvalue weighted by molar-refractivity contribution is 5.88. The highest BCUT2D eigenvalue weighted by Gasteiger charge is 2.16. The Hall–Kier alpha value is -2.32. The predicted octanol–water partition coefficient (Wildman–Crippen LogP) is 1.30. The maximum atomic E-state index is 11.1. The normalized spacial score (nSPS) is 16.3. The van der Waals surface area contributed by atoms with Gasteiger partial charge in [-0.3, -0.25) is 14.7 Å². The molecule has 1 aliphatic rings. The van der Waals surface area contributed by atoms with Gasteiger partial charge < -0.3 is 25.4 Å². The fourth-order valence-corrected chi connectivity index (χ4v) is 2.90. The second-order valence-corrected chi connectivity index (χ2v) is 6.70. The summed E-state index contributed by atoms with van der Waals surface area (Å²) in [5.74, 6) is 1.41. The molecule has 1 saturated heterocycles. The first-order chi connectivity index (χ1) is 13.6. The van der Waals surface area contributed by atoms with Gasteiger partial charge in [-0.1, -0.05) is 6.07 Å². The first-order valence-corrected chi connectivity index (χ1v) is 9.93. The highest BCUT2D eigenvalue weighted by Crippen LogP contribution is 2.17. The number of hydrogen-bond acceptors (Lipinski definition) is 5. The minimum atomic E-state index is -0.100. The summed E-state index contributed by atoms with van der Waals surface area (Å²) in [6.07, 6.45) is 0. The van der Waals surface area contributed by atoms with E-state index in [0.717, 1.165) is 56.8 Å². The van der Waals surface area contributed by atoms with Crippen LogP contribution >= 0.6 is 0 Å². The van der Waals surface area contributed by atoms with E-state index in [0.29, 0.717) is 19.2 Å². The molecule has 1 amide bonds. The Bertz CT molecular complexity index is 632. The van der Waals surface area contributed by atoms with Crippen LogP contribution in [-0.4, -0.2) is 75.4 Å². The van der Waals surface area contributed by atoms with Gasteiger partial charge in [0.1, 0.15) is 12.4 Å². The number of carbonyl (C=O) groups excluding carboxylic acids is 1. The zero-order valence-electron chi connectivity index (χ0n) is 17.2. The van der Waals surface area contributed by atoms with Crippen molar-refractivity contribution in [3.63, 3.8) is 0 Å². The Morgan fingerprint density at radius 2 is 2.11 bits per heavy atom. The zero-order valence-corrected chi connectivity index (χ0v) is 17.2. The highest BCUT2D eigenvalue weighted by atomic mass is 16.5. The van der Waals surface area contributed by atoms with Crippen molar-refractivity contribution in [3.05, 3.63) is 24.3 Å². The fourth-order valence-electron chi connectivity index (χ4n) is 2.90. The minimum Gasteiger partial charge on any atom is -0.492 e. The van der Waals surface area contributed by atoms with Gasteiger partial charge in [0.25, 0.3) is 0 Å². The molecule has 1 atom stereocenters. The molecule has 0 saturated carbocycles. The number of rotatable bonds is 9. The number of morpholine rings is 1. The third-order valence-corrected chi connectivity index (χ3v) is 4.34. The largest absolute Gasteiger partial charge is 0.492 e. The van der Waals surface area contributed by atoms with Gasteiger partial charge in [-0.25, -0.2) is 0 Å². The topological polar surface area (TPSA) is 87.2 Å². The van der Waals surface area contributed by atoms with Crippen molar-refractivity contribution in [2.75, 3.05) is 57.9 Å². The van der Waals surface area contributed by atoms with Gasteiger partial charge in [-0.05, 0) is 26.0 Å². The van der Waals surface area contributed by atoms with Crippen LogP contribution in [0.5, 0.6) is 5.75 Å². The summed E-state index contributed by atoms with van der Waals surface area (Å²) in [4.78, 5) is 18.2. The average molecular weight is 392 g/mol. The molecule has 3 N–H and O–H groups in total. The van der Waals surface area contributed by atoms with Crippen molar-refractivity contribution in [2.24, 2.45) is 4.99 Å². The third kappa shape index (κ3) is 8.14. The SMILES string of the molecule is CCNC(=NCC(C)N1CCOCC1)NCCOc1cccc(NC(C)=O)c1. The van der Waals surface area contributed by atoms with Crippen LogP contribution in [0.1, 0.15) is 20.8 Å². The van der Waals surface area contributed by atoms with Crippen LogP contribution in [0.2, 0.25) is 0 Å². The lowest BCUT2D eigenvalue weighted by Gasteiger charge is -2.31. The molecule has 1 aromatic carbocycles. The molecule has 0 spiro atoms. The predicted molar refractivity (Wildman–Crippen MR) is 112 cm³/mol. The fraction of sp³-hybridized carbons (Fsp3) is 0.600. The van der Waals surface area contributed by atoms with Crippen LogP contribution in [0.4, 0.5) is 5.69 Å². The van der Waals surface area contributed by atoms with Crippen molar-refractivity contribution < 1.29 is 14.3 Å². The van der Waals surface area contributed by atoms with Gasteiger partial charge in [-0.15, -0.1) is 0 Å². The number of benzene rings is 1. The molecule has 1 heterocycles. The van der Waals surface area contributed by atoms with E-state index in [2.05, 4.69) is 32.8 Å². The van der Waals surface area contributed by atoms with E-state index < -0.39 is 0 Å². The minimum absolute atomic E-state index is 0.100. The lowest BCUT2D eigenvalue weighted by molar-refractivity contribution is -0.114. The number of guanidine groups is 1. The number of carbonyl (C=O) groups is 1. The molecule has 8 nitrogen and oxygen atoms in total. The van der Waals surface area contributed by atoms with Gasteiger partial charge in [0.05, 0.1) is 26.3 Å². The summed E-state index contributed by atoms with van der Waals surface area (Å²) < 4.78 is 11.2. The Labute approximate surface area is 167 Å². The molecule has 2 rings (SSSR count). The Morgan fingerprint density at radius 1 is 1.32 bits per heavy atom. The Morgan fingerprint density at radius 3 is 2.82 bits per heavy atom. The van der Waals surface area contributed by atoms with Crippen molar-refractivity contribution in [3.8, 4) is 5.75 Å². The number of nitrogens with one attached hydrogen (secondary N) is 3. The lowest BCUT2D eigenvalue weighted by atomic mass is 10.2. The standard InChI is InChI=1S/C20H33N5O3/c1-4-21-20(23-15-16(2)25-9-12-27-13-10-25)22-8-11-28-19-7-5-6-18(14-19)24-17(3)26/h5-7,14,16H,4,8-13,15H2,1-3H3,(H,24,26)(H2,21,22,23). The molecular formula is C20H33N5O3. The van der Waals surface area contributed by atoms with Crippen molar-refractivity contribution in [1.82, 2.24) is 15.5 Å². The number of anilines is 1. The quantitative estimate of drug-likeness (QED) is 0.334. The zero-order chi connectivity index (χ0) is 20.2. The number of hydrogen-bond donors (Lipinski definition) is 3.